The molecule has 1 fully saturated rings. The fourth-order valence-electron chi connectivity index (χ4n) is 2.19. The van der Waals surface area contributed by atoms with Gasteiger partial charge in [-0.1, -0.05) is 13.3 Å². The van der Waals surface area contributed by atoms with Gasteiger partial charge in [0.25, 0.3) is 10.2 Å². The number of nitrogens with one attached hydrogen (secondary N) is 1. The van der Waals surface area contributed by atoms with Gasteiger partial charge in [-0.15, -0.1) is 0 Å². The Bertz CT molecular complexity index is 337. The van der Waals surface area contributed by atoms with E-state index in [0.717, 1.165) is 12.8 Å². The number of hydrogen-bond donors (Lipinski definition) is 2. The second-order valence-electron chi connectivity index (χ2n) is 4.92. The molecule has 0 spiro atoms. The molecule has 3 atom stereocenters. The van der Waals surface area contributed by atoms with Gasteiger partial charge >= 0.3 is 0 Å². The molecular weight excluding hydrogens is 254 g/mol. The van der Waals surface area contributed by atoms with E-state index in [0.29, 0.717) is 19.6 Å². The van der Waals surface area contributed by atoms with Crippen molar-refractivity contribution in [1.29, 1.82) is 0 Å². The largest absolute Gasteiger partial charge is 0.373 e. The maximum Gasteiger partial charge on any atom is 0.279 e. The van der Waals surface area contributed by atoms with E-state index in [1.54, 1.807) is 0 Å². The van der Waals surface area contributed by atoms with Gasteiger partial charge in [0, 0.05) is 25.7 Å². The first-order chi connectivity index (χ1) is 8.39. The summed E-state index contributed by atoms with van der Waals surface area (Å²) >= 11 is 0. The van der Waals surface area contributed by atoms with Crippen LogP contribution >= 0.6 is 0 Å². The summed E-state index contributed by atoms with van der Waals surface area (Å²) in [6.45, 7) is 6.87. The number of rotatable bonds is 6. The molecule has 1 aliphatic rings. The third-order valence-corrected chi connectivity index (χ3v) is 4.57. The van der Waals surface area contributed by atoms with Crippen LogP contribution in [-0.4, -0.2) is 50.6 Å². The number of nitrogens with zero attached hydrogens (tertiary/aromatic N) is 1. The van der Waals surface area contributed by atoms with Gasteiger partial charge < -0.3 is 10.5 Å². The lowest BCUT2D eigenvalue weighted by Gasteiger charge is -2.35. The third kappa shape index (κ3) is 4.47. The average Bonchev–Trinajstić information content (AvgIpc) is 2.27. The molecule has 1 heterocycles. The van der Waals surface area contributed by atoms with E-state index in [-0.39, 0.29) is 18.2 Å². The van der Waals surface area contributed by atoms with Crippen LogP contribution in [0.2, 0.25) is 0 Å². The quantitative estimate of drug-likeness (QED) is 0.720. The van der Waals surface area contributed by atoms with Crippen LogP contribution in [0.3, 0.4) is 0 Å². The first kappa shape index (κ1) is 15.8. The SMILES string of the molecule is CCCC(CN)NS(=O)(=O)N1CC(C)OC(C)C1. The first-order valence-corrected chi connectivity index (χ1v) is 7.96. The van der Waals surface area contributed by atoms with E-state index in [1.165, 1.54) is 4.31 Å². The fraction of sp³-hybridized carbons (Fsp3) is 1.00. The van der Waals surface area contributed by atoms with E-state index < -0.39 is 10.2 Å². The molecule has 6 nitrogen and oxygen atoms in total. The molecule has 1 rings (SSSR count). The highest BCUT2D eigenvalue weighted by molar-refractivity contribution is 7.87. The Morgan fingerprint density at radius 3 is 2.39 bits per heavy atom. The van der Waals surface area contributed by atoms with Crippen molar-refractivity contribution in [2.45, 2.75) is 51.9 Å². The molecule has 0 saturated carbocycles. The molecule has 0 aromatic carbocycles. The minimum Gasteiger partial charge on any atom is -0.373 e. The van der Waals surface area contributed by atoms with Crippen molar-refractivity contribution in [2.75, 3.05) is 19.6 Å². The van der Waals surface area contributed by atoms with Crippen LogP contribution in [0.4, 0.5) is 0 Å². The second kappa shape index (κ2) is 6.81. The van der Waals surface area contributed by atoms with Crippen molar-refractivity contribution in [2.24, 2.45) is 5.73 Å². The molecule has 0 radical (unpaired) electrons. The zero-order valence-electron chi connectivity index (χ0n) is 11.4. The van der Waals surface area contributed by atoms with Crippen LogP contribution < -0.4 is 10.5 Å². The molecule has 0 bridgehead atoms. The highest BCUT2D eigenvalue weighted by atomic mass is 32.2. The monoisotopic (exact) mass is 279 g/mol. The number of morpholine rings is 1. The van der Waals surface area contributed by atoms with E-state index >= 15 is 0 Å². The van der Waals surface area contributed by atoms with E-state index in [9.17, 15) is 8.42 Å². The summed E-state index contributed by atoms with van der Waals surface area (Å²) in [5.41, 5.74) is 5.58. The fourth-order valence-corrected chi connectivity index (χ4v) is 3.78. The van der Waals surface area contributed by atoms with Gasteiger partial charge in [-0.3, -0.25) is 0 Å². The third-order valence-electron chi connectivity index (χ3n) is 2.96. The van der Waals surface area contributed by atoms with Crippen molar-refractivity contribution in [3.05, 3.63) is 0 Å². The summed E-state index contributed by atoms with van der Waals surface area (Å²) in [5.74, 6) is 0. The van der Waals surface area contributed by atoms with Crippen LogP contribution in [0.15, 0.2) is 0 Å². The van der Waals surface area contributed by atoms with Gasteiger partial charge in [0.05, 0.1) is 12.2 Å². The van der Waals surface area contributed by atoms with E-state index in [2.05, 4.69) is 4.72 Å². The number of ether oxygens (including phenoxy) is 1. The van der Waals surface area contributed by atoms with Crippen LogP contribution in [0.5, 0.6) is 0 Å². The molecule has 3 unspecified atom stereocenters. The summed E-state index contributed by atoms with van der Waals surface area (Å²) < 4.78 is 34.1. The van der Waals surface area contributed by atoms with Crippen LogP contribution in [0.1, 0.15) is 33.6 Å². The topological polar surface area (TPSA) is 84.7 Å². The van der Waals surface area contributed by atoms with Gasteiger partial charge in [-0.25, -0.2) is 0 Å². The molecule has 0 aromatic heterocycles. The van der Waals surface area contributed by atoms with Gasteiger partial charge in [0.2, 0.25) is 0 Å². The van der Waals surface area contributed by atoms with Gasteiger partial charge in [0.1, 0.15) is 0 Å². The highest BCUT2D eigenvalue weighted by Crippen LogP contribution is 2.14. The Kier molecular flexibility index (Phi) is 6.00. The maximum atomic E-state index is 12.2. The number of nitrogens with two attached hydrogens (primary N) is 1. The van der Waals surface area contributed by atoms with Crippen LogP contribution in [-0.2, 0) is 14.9 Å². The van der Waals surface area contributed by atoms with Crippen LogP contribution in [0.25, 0.3) is 0 Å². The number of hydrogen-bond acceptors (Lipinski definition) is 4. The standard InChI is InChI=1S/C11H25N3O3S/c1-4-5-11(6-12)13-18(15,16)14-7-9(2)17-10(3)8-14/h9-11,13H,4-8,12H2,1-3H3. The van der Waals surface area contributed by atoms with Crippen molar-refractivity contribution >= 4 is 10.2 Å². The molecule has 108 valence electrons. The molecule has 1 aliphatic heterocycles. The smallest absolute Gasteiger partial charge is 0.279 e. The lowest BCUT2D eigenvalue weighted by Crippen LogP contribution is -2.54. The second-order valence-corrected chi connectivity index (χ2v) is 6.62. The lowest BCUT2D eigenvalue weighted by atomic mass is 10.2. The normalized spacial score (nSPS) is 28.2. The van der Waals surface area contributed by atoms with Gasteiger partial charge in [0.15, 0.2) is 0 Å². The van der Waals surface area contributed by atoms with Crippen molar-refractivity contribution in [3.8, 4) is 0 Å². The maximum absolute atomic E-state index is 12.2. The molecule has 18 heavy (non-hydrogen) atoms. The van der Waals surface area contributed by atoms with Crippen LogP contribution in [0, 0.1) is 0 Å². The molecule has 3 N–H and O–H groups in total. The zero-order valence-corrected chi connectivity index (χ0v) is 12.2. The minimum atomic E-state index is -3.46. The lowest BCUT2D eigenvalue weighted by molar-refractivity contribution is -0.0444. The van der Waals surface area contributed by atoms with Crippen molar-refractivity contribution in [3.63, 3.8) is 0 Å². The summed E-state index contributed by atoms with van der Waals surface area (Å²) in [6.07, 6.45) is 1.51. The highest BCUT2D eigenvalue weighted by Gasteiger charge is 2.31. The van der Waals surface area contributed by atoms with E-state index in [1.807, 2.05) is 20.8 Å². The van der Waals surface area contributed by atoms with Gasteiger partial charge in [-0.05, 0) is 20.3 Å². The Balaban J connectivity index is 2.67. The zero-order chi connectivity index (χ0) is 13.8. The predicted octanol–water partition coefficient (Wildman–Crippen LogP) is 0.0574. The average molecular weight is 279 g/mol. The van der Waals surface area contributed by atoms with E-state index in [4.69, 9.17) is 10.5 Å². The molecule has 0 aromatic rings. The Hall–Kier alpha value is -0.210. The molecular formula is C11H25N3O3S. The van der Waals surface area contributed by atoms with Gasteiger partial charge in [-0.2, -0.15) is 17.4 Å². The first-order valence-electron chi connectivity index (χ1n) is 6.52. The predicted molar refractivity (Wildman–Crippen MR) is 71.4 cm³/mol. The molecule has 0 aliphatic carbocycles. The summed E-state index contributed by atoms with van der Waals surface area (Å²) in [4.78, 5) is 0. The minimum absolute atomic E-state index is 0.0761. The Morgan fingerprint density at radius 2 is 1.94 bits per heavy atom. The molecule has 0 amide bonds. The van der Waals surface area contributed by atoms with Crippen molar-refractivity contribution in [1.82, 2.24) is 9.03 Å². The summed E-state index contributed by atoms with van der Waals surface area (Å²) in [7, 11) is -3.46. The summed E-state index contributed by atoms with van der Waals surface area (Å²) in [5, 5.41) is 0. The Morgan fingerprint density at radius 1 is 1.39 bits per heavy atom. The molecule has 1 saturated heterocycles. The summed E-state index contributed by atoms with van der Waals surface area (Å²) in [6, 6.07) is -0.187. The molecule has 7 heteroatoms. The van der Waals surface area contributed by atoms with Crippen molar-refractivity contribution < 1.29 is 13.2 Å². The Labute approximate surface area is 110 Å².